The number of carbonyl (C=O) groups excluding carboxylic acids is 1. The lowest BCUT2D eigenvalue weighted by Crippen LogP contribution is -2.49. The molecule has 0 bridgehead atoms. The van der Waals surface area contributed by atoms with E-state index in [-0.39, 0.29) is 12.5 Å². The van der Waals surface area contributed by atoms with Crippen molar-refractivity contribution < 1.29 is 9.53 Å². The van der Waals surface area contributed by atoms with Crippen molar-refractivity contribution >= 4 is 11.9 Å². The van der Waals surface area contributed by atoms with Crippen LogP contribution in [0.15, 0.2) is 12.3 Å². The number of likely N-dealkylation sites (N-methyl/N-ethyl adjacent to an activating group) is 1. The van der Waals surface area contributed by atoms with Crippen molar-refractivity contribution in [1.82, 2.24) is 20.2 Å². The maximum Gasteiger partial charge on any atom is 0.242 e. The van der Waals surface area contributed by atoms with Gasteiger partial charge in [-0.3, -0.25) is 4.79 Å². The zero-order valence-electron chi connectivity index (χ0n) is 12.0. The highest BCUT2D eigenvalue weighted by atomic mass is 16.5. The number of amides is 1. The second kappa shape index (κ2) is 7.04. The minimum atomic E-state index is 0.0967. The second-order valence-corrected chi connectivity index (χ2v) is 4.61. The first-order chi connectivity index (χ1) is 9.70. The van der Waals surface area contributed by atoms with Crippen LogP contribution in [0.5, 0.6) is 5.88 Å². The summed E-state index contributed by atoms with van der Waals surface area (Å²) in [5.41, 5.74) is 0. The predicted molar refractivity (Wildman–Crippen MR) is 75.9 cm³/mol. The van der Waals surface area contributed by atoms with E-state index in [1.807, 2.05) is 18.9 Å². The molecule has 0 unspecified atom stereocenters. The van der Waals surface area contributed by atoms with Gasteiger partial charge >= 0.3 is 0 Å². The fraction of sp³-hybridized carbons (Fsp3) is 0.615. The third-order valence-electron chi connectivity index (χ3n) is 3.09. The summed E-state index contributed by atoms with van der Waals surface area (Å²) in [6.45, 7) is 5.95. The Morgan fingerprint density at radius 3 is 2.95 bits per heavy atom. The van der Waals surface area contributed by atoms with Crippen LogP contribution in [0, 0.1) is 0 Å². The molecule has 2 rings (SSSR count). The molecule has 0 aliphatic carbocycles. The number of anilines is 1. The van der Waals surface area contributed by atoms with E-state index in [0.29, 0.717) is 18.4 Å². The van der Waals surface area contributed by atoms with Gasteiger partial charge in [-0.2, -0.15) is 4.98 Å². The number of nitrogens with one attached hydrogen (secondary N) is 1. The van der Waals surface area contributed by atoms with Crippen molar-refractivity contribution in [3.63, 3.8) is 0 Å². The quantitative estimate of drug-likeness (QED) is 0.801. The molecule has 1 aromatic rings. The molecule has 0 aromatic carbocycles. The Kier molecular flexibility index (Phi) is 5.11. The Balaban J connectivity index is 1.94. The smallest absolute Gasteiger partial charge is 0.242 e. The molecule has 1 saturated heterocycles. The Hall–Kier alpha value is -1.89. The molecule has 1 aliphatic rings. The summed E-state index contributed by atoms with van der Waals surface area (Å²) in [6.07, 6.45) is 1.64. The van der Waals surface area contributed by atoms with Crippen molar-refractivity contribution in [2.75, 3.05) is 51.3 Å². The van der Waals surface area contributed by atoms with Gasteiger partial charge in [-0.25, -0.2) is 4.98 Å². The molecule has 0 saturated carbocycles. The van der Waals surface area contributed by atoms with Crippen molar-refractivity contribution in [3.8, 4) is 5.88 Å². The molecule has 1 aromatic heterocycles. The largest absolute Gasteiger partial charge is 0.478 e. The molecule has 7 nitrogen and oxygen atoms in total. The standard InChI is InChI=1S/C13H21N5O2/c1-3-20-11-4-5-15-13(16-11)17(2)10-12(19)18-8-6-14-7-9-18/h4-5,14H,3,6-10H2,1-2H3. The van der Waals surface area contributed by atoms with Gasteiger partial charge in [0, 0.05) is 45.5 Å². The van der Waals surface area contributed by atoms with Crippen LogP contribution in [0.4, 0.5) is 5.95 Å². The van der Waals surface area contributed by atoms with E-state index in [1.165, 1.54) is 0 Å². The summed E-state index contributed by atoms with van der Waals surface area (Å²) in [5.74, 6) is 1.12. The highest BCUT2D eigenvalue weighted by Gasteiger charge is 2.18. The van der Waals surface area contributed by atoms with Gasteiger partial charge in [0.25, 0.3) is 0 Å². The molecule has 1 amide bonds. The maximum absolute atomic E-state index is 12.2. The summed E-state index contributed by atoms with van der Waals surface area (Å²) in [4.78, 5) is 24.2. The van der Waals surface area contributed by atoms with Gasteiger partial charge < -0.3 is 19.9 Å². The molecule has 0 radical (unpaired) electrons. The highest BCUT2D eigenvalue weighted by Crippen LogP contribution is 2.11. The van der Waals surface area contributed by atoms with E-state index in [0.717, 1.165) is 26.2 Å². The molecule has 7 heteroatoms. The molecule has 0 atom stereocenters. The molecule has 0 spiro atoms. The Morgan fingerprint density at radius 2 is 2.25 bits per heavy atom. The van der Waals surface area contributed by atoms with E-state index in [1.54, 1.807) is 17.2 Å². The normalized spacial score (nSPS) is 15.0. The van der Waals surface area contributed by atoms with E-state index >= 15 is 0 Å². The number of hydrogen-bond donors (Lipinski definition) is 1. The Labute approximate surface area is 118 Å². The van der Waals surface area contributed by atoms with Gasteiger partial charge in [0.05, 0.1) is 13.2 Å². The molecule has 1 aliphatic heterocycles. The van der Waals surface area contributed by atoms with E-state index in [4.69, 9.17) is 4.74 Å². The van der Waals surface area contributed by atoms with Crippen LogP contribution in [-0.4, -0.2) is 67.2 Å². The number of hydrogen-bond acceptors (Lipinski definition) is 6. The lowest BCUT2D eigenvalue weighted by atomic mass is 10.3. The molecular weight excluding hydrogens is 258 g/mol. The highest BCUT2D eigenvalue weighted by molar-refractivity contribution is 5.80. The van der Waals surface area contributed by atoms with Gasteiger partial charge in [-0.1, -0.05) is 0 Å². The zero-order chi connectivity index (χ0) is 14.4. The third kappa shape index (κ3) is 3.80. The number of nitrogens with zero attached hydrogens (tertiary/aromatic N) is 4. The van der Waals surface area contributed by atoms with Crippen molar-refractivity contribution in [2.24, 2.45) is 0 Å². The summed E-state index contributed by atoms with van der Waals surface area (Å²) in [7, 11) is 1.81. The minimum absolute atomic E-state index is 0.0967. The molecule has 1 N–H and O–H groups in total. The first-order valence-corrected chi connectivity index (χ1v) is 6.86. The van der Waals surface area contributed by atoms with Crippen molar-refractivity contribution in [1.29, 1.82) is 0 Å². The maximum atomic E-state index is 12.2. The van der Waals surface area contributed by atoms with E-state index in [2.05, 4.69) is 15.3 Å². The molecule has 110 valence electrons. The monoisotopic (exact) mass is 279 g/mol. The molecular formula is C13H21N5O2. The van der Waals surface area contributed by atoms with Crippen LogP contribution in [0.25, 0.3) is 0 Å². The molecule has 2 heterocycles. The molecule has 20 heavy (non-hydrogen) atoms. The van der Waals surface area contributed by atoms with Crippen LogP contribution < -0.4 is 15.0 Å². The topological polar surface area (TPSA) is 70.6 Å². The Morgan fingerprint density at radius 1 is 1.50 bits per heavy atom. The zero-order valence-corrected chi connectivity index (χ0v) is 12.0. The summed E-state index contributed by atoms with van der Waals surface area (Å²) < 4.78 is 5.34. The fourth-order valence-corrected chi connectivity index (χ4v) is 2.03. The first-order valence-electron chi connectivity index (χ1n) is 6.86. The fourth-order valence-electron chi connectivity index (χ4n) is 2.03. The van der Waals surface area contributed by atoms with Crippen molar-refractivity contribution in [2.45, 2.75) is 6.92 Å². The average molecular weight is 279 g/mol. The van der Waals surface area contributed by atoms with E-state index in [9.17, 15) is 4.79 Å². The van der Waals surface area contributed by atoms with Crippen LogP contribution in [0.2, 0.25) is 0 Å². The number of piperazine rings is 1. The number of aromatic nitrogens is 2. The average Bonchev–Trinajstić information content (AvgIpc) is 2.48. The third-order valence-corrected chi connectivity index (χ3v) is 3.09. The minimum Gasteiger partial charge on any atom is -0.478 e. The van der Waals surface area contributed by atoms with Crippen LogP contribution in [0.1, 0.15) is 6.92 Å². The Bertz CT molecular complexity index is 448. The summed E-state index contributed by atoms with van der Waals surface area (Å²) >= 11 is 0. The van der Waals surface area contributed by atoms with Crippen molar-refractivity contribution in [3.05, 3.63) is 12.3 Å². The van der Waals surface area contributed by atoms with Crippen LogP contribution in [0.3, 0.4) is 0 Å². The summed E-state index contributed by atoms with van der Waals surface area (Å²) in [6, 6.07) is 1.71. The van der Waals surface area contributed by atoms with Gasteiger partial charge in [0.2, 0.25) is 17.7 Å². The summed E-state index contributed by atoms with van der Waals surface area (Å²) in [5, 5.41) is 3.23. The number of ether oxygens (including phenoxy) is 1. The van der Waals surface area contributed by atoms with Gasteiger partial charge in [-0.05, 0) is 6.92 Å². The van der Waals surface area contributed by atoms with Gasteiger partial charge in [0.1, 0.15) is 0 Å². The van der Waals surface area contributed by atoms with Gasteiger partial charge in [0.15, 0.2) is 0 Å². The van der Waals surface area contributed by atoms with Gasteiger partial charge in [-0.15, -0.1) is 0 Å². The predicted octanol–water partition coefficient (Wildman–Crippen LogP) is -0.257. The van der Waals surface area contributed by atoms with Crippen LogP contribution in [-0.2, 0) is 4.79 Å². The van der Waals surface area contributed by atoms with Crippen LogP contribution >= 0.6 is 0 Å². The van der Waals surface area contributed by atoms with E-state index < -0.39 is 0 Å². The lowest BCUT2D eigenvalue weighted by molar-refractivity contribution is -0.130. The molecule has 1 fully saturated rings. The SMILES string of the molecule is CCOc1ccnc(N(C)CC(=O)N2CCNCC2)n1. The lowest BCUT2D eigenvalue weighted by Gasteiger charge is -2.29. The second-order valence-electron chi connectivity index (χ2n) is 4.61. The first kappa shape index (κ1) is 14.5. The number of rotatable bonds is 5. The number of carbonyl (C=O) groups is 1.